The third-order valence-electron chi connectivity index (χ3n) is 5.62. The standard InChI is InChI=1S/C25H25NO5S/c1-15(17-6-8-18(9-7-17)25(28)29)26-24(27)23-20-10-11-31-14-22(20)32-21(23)13-16-4-3-5-19(12-16)30-2/h3-9,12,15H,10-11,13-14H2,1-2H3,(H,26,27)(H,28,29)/t15-/m0/s1. The van der Waals surface area contributed by atoms with Crippen LogP contribution in [0.15, 0.2) is 48.5 Å². The van der Waals surface area contributed by atoms with Crippen LogP contribution in [0.25, 0.3) is 0 Å². The van der Waals surface area contributed by atoms with Crippen LogP contribution in [0.1, 0.15) is 60.1 Å². The van der Waals surface area contributed by atoms with Crippen molar-refractivity contribution in [3.8, 4) is 5.75 Å². The molecule has 1 atom stereocenters. The molecule has 0 bridgehead atoms. The minimum absolute atomic E-state index is 0.114. The van der Waals surface area contributed by atoms with Gasteiger partial charge in [0.25, 0.3) is 5.91 Å². The Balaban J connectivity index is 1.60. The monoisotopic (exact) mass is 451 g/mol. The second kappa shape index (κ2) is 9.54. The van der Waals surface area contributed by atoms with E-state index >= 15 is 0 Å². The average molecular weight is 452 g/mol. The molecule has 0 saturated heterocycles. The number of fused-ring (bicyclic) bond motifs is 1. The number of hydrogen-bond donors (Lipinski definition) is 2. The molecule has 0 spiro atoms. The van der Waals surface area contributed by atoms with Crippen LogP contribution in [0.5, 0.6) is 5.75 Å². The Hall–Kier alpha value is -3.16. The van der Waals surface area contributed by atoms with Crippen LogP contribution in [-0.2, 0) is 24.2 Å². The number of ether oxygens (including phenoxy) is 2. The van der Waals surface area contributed by atoms with Crippen molar-refractivity contribution in [3.05, 3.63) is 86.1 Å². The van der Waals surface area contributed by atoms with Gasteiger partial charge in [-0.3, -0.25) is 4.79 Å². The van der Waals surface area contributed by atoms with Gasteiger partial charge in [-0.2, -0.15) is 0 Å². The van der Waals surface area contributed by atoms with E-state index < -0.39 is 5.97 Å². The molecule has 1 aromatic heterocycles. The van der Waals surface area contributed by atoms with E-state index in [9.17, 15) is 9.59 Å². The van der Waals surface area contributed by atoms with Gasteiger partial charge in [0.15, 0.2) is 0 Å². The summed E-state index contributed by atoms with van der Waals surface area (Å²) in [5.41, 5.74) is 3.97. The minimum atomic E-state index is -0.970. The molecule has 2 aromatic carbocycles. The largest absolute Gasteiger partial charge is 0.497 e. The number of carboxylic acids is 1. The number of nitrogens with one attached hydrogen (secondary N) is 1. The van der Waals surface area contributed by atoms with Gasteiger partial charge in [0.05, 0.1) is 37.5 Å². The molecule has 4 rings (SSSR count). The molecule has 2 N–H and O–H groups in total. The van der Waals surface area contributed by atoms with Crippen LogP contribution in [0, 0.1) is 0 Å². The Bertz CT molecular complexity index is 1140. The lowest BCUT2D eigenvalue weighted by molar-refractivity contribution is 0.0696. The van der Waals surface area contributed by atoms with Gasteiger partial charge in [-0.15, -0.1) is 11.3 Å². The molecule has 3 aromatic rings. The van der Waals surface area contributed by atoms with Crippen molar-refractivity contribution in [2.75, 3.05) is 13.7 Å². The molecule has 0 radical (unpaired) electrons. The molecular formula is C25H25NO5S. The maximum absolute atomic E-state index is 13.4. The number of carbonyl (C=O) groups is 2. The summed E-state index contributed by atoms with van der Waals surface area (Å²) < 4.78 is 11.0. The minimum Gasteiger partial charge on any atom is -0.497 e. The highest BCUT2D eigenvalue weighted by Crippen LogP contribution is 2.34. The van der Waals surface area contributed by atoms with E-state index in [1.165, 1.54) is 0 Å². The van der Waals surface area contributed by atoms with Crippen molar-refractivity contribution in [1.82, 2.24) is 5.32 Å². The predicted molar refractivity (Wildman–Crippen MR) is 123 cm³/mol. The molecule has 0 fully saturated rings. The van der Waals surface area contributed by atoms with Crippen molar-refractivity contribution >= 4 is 23.2 Å². The highest BCUT2D eigenvalue weighted by molar-refractivity contribution is 7.12. The first-order valence-electron chi connectivity index (χ1n) is 10.4. The normalized spacial score (nSPS) is 13.8. The summed E-state index contributed by atoms with van der Waals surface area (Å²) in [6, 6.07) is 14.2. The lowest BCUT2D eigenvalue weighted by atomic mass is 9.99. The van der Waals surface area contributed by atoms with Crippen molar-refractivity contribution in [3.63, 3.8) is 0 Å². The first-order chi connectivity index (χ1) is 15.5. The van der Waals surface area contributed by atoms with Crippen LogP contribution in [0.2, 0.25) is 0 Å². The molecule has 6 nitrogen and oxygen atoms in total. The summed E-state index contributed by atoms with van der Waals surface area (Å²) in [5, 5.41) is 12.2. The second-order valence-electron chi connectivity index (χ2n) is 7.76. The Morgan fingerprint density at radius 1 is 1.22 bits per heavy atom. The molecule has 7 heteroatoms. The molecule has 0 aliphatic carbocycles. The summed E-state index contributed by atoms with van der Waals surface area (Å²) in [7, 11) is 1.64. The summed E-state index contributed by atoms with van der Waals surface area (Å²) in [6.45, 7) is 3.04. The molecule has 1 aliphatic heterocycles. The van der Waals surface area contributed by atoms with Gasteiger partial charge >= 0.3 is 5.97 Å². The number of carboxylic acid groups (broad SMARTS) is 1. The summed E-state index contributed by atoms with van der Waals surface area (Å²) in [4.78, 5) is 26.6. The fraction of sp³-hybridized carbons (Fsp3) is 0.280. The Labute approximate surface area is 190 Å². The van der Waals surface area contributed by atoms with Crippen molar-refractivity contribution in [2.45, 2.75) is 32.4 Å². The topological polar surface area (TPSA) is 84.9 Å². The van der Waals surface area contributed by atoms with Gasteiger partial charge < -0.3 is 19.9 Å². The van der Waals surface area contributed by atoms with Crippen molar-refractivity contribution in [1.29, 1.82) is 0 Å². The first kappa shape index (κ1) is 22.0. The van der Waals surface area contributed by atoms with Crippen molar-refractivity contribution < 1.29 is 24.2 Å². The number of thiophene rings is 1. The van der Waals surface area contributed by atoms with E-state index in [1.54, 1.807) is 42.7 Å². The third-order valence-corrected chi connectivity index (χ3v) is 6.83. The summed E-state index contributed by atoms with van der Waals surface area (Å²) in [5.74, 6) is -0.295. The maximum Gasteiger partial charge on any atom is 0.335 e. The summed E-state index contributed by atoms with van der Waals surface area (Å²) >= 11 is 1.63. The second-order valence-corrected chi connectivity index (χ2v) is 8.94. The van der Waals surface area contributed by atoms with Gasteiger partial charge in [0.1, 0.15) is 5.75 Å². The highest BCUT2D eigenvalue weighted by Gasteiger charge is 2.26. The zero-order valence-corrected chi connectivity index (χ0v) is 18.8. The average Bonchev–Trinajstić information content (AvgIpc) is 3.17. The summed E-state index contributed by atoms with van der Waals surface area (Å²) in [6.07, 6.45) is 1.35. The van der Waals surface area contributed by atoms with Gasteiger partial charge in [-0.1, -0.05) is 24.3 Å². The predicted octanol–water partition coefficient (Wildman–Crippen LogP) is 4.61. The van der Waals surface area contributed by atoms with Gasteiger partial charge in [-0.25, -0.2) is 4.79 Å². The van der Waals surface area contributed by atoms with Crippen molar-refractivity contribution in [2.24, 2.45) is 0 Å². The van der Waals surface area contributed by atoms with E-state index in [4.69, 9.17) is 14.6 Å². The molecule has 0 unspecified atom stereocenters. The van der Waals surface area contributed by atoms with Gasteiger partial charge in [-0.05, 0) is 54.3 Å². The van der Waals surface area contributed by atoms with E-state index in [2.05, 4.69) is 5.32 Å². The van der Waals surface area contributed by atoms with E-state index in [1.807, 2.05) is 31.2 Å². The number of rotatable bonds is 7. The number of benzene rings is 2. The molecule has 2 heterocycles. The number of hydrogen-bond acceptors (Lipinski definition) is 5. The van der Waals surface area contributed by atoms with E-state index in [0.29, 0.717) is 26.1 Å². The molecular weight excluding hydrogens is 426 g/mol. The number of amides is 1. The molecule has 1 amide bonds. The zero-order chi connectivity index (χ0) is 22.7. The van der Waals surface area contributed by atoms with Gasteiger partial charge in [0, 0.05) is 16.2 Å². The fourth-order valence-corrected chi connectivity index (χ4v) is 5.24. The number of carbonyl (C=O) groups excluding carboxylic acids is 1. The Morgan fingerprint density at radius 2 is 2.00 bits per heavy atom. The lowest BCUT2D eigenvalue weighted by Gasteiger charge is -2.18. The molecule has 32 heavy (non-hydrogen) atoms. The van der Waals surface area contributed by atoms with E-state index in [0.717, 1.165) is 37.8 Å². The molecule has 1 aliphatic rings. The van der Waals surface area contributed by atoms with Crippen LogP contribution in [-0.4, -0.2) is 30.7 Å². The Kier molecular flexibility index (Phi) is 6.58. The van der Waals surface area contributed by atoms with Crippen LogP contribution in [0.4, 0.5) is 0 Å². The number of methoxy groups -OCH3 is 1. The van der Waals surface area contributed by atoms with Crippen LogP contribution >= 0.6 is 11.3 Å². The maximum atomic E-state index is 13.4. The Morgan fingerprint density at radius 3 is 2.72 bits per heavy atom. The van der Waals surface area contributed by atoms with E-state index in [-0.39, 0.29) is 17.5 Å². The molecule has 0 saturated carbocycles. The fourth-order valence-electron chi connectivity index (χ4n) is 3.91. The van der Waals surface area contributed by atoms with Gasteiger partial charge in [0.2, 0.25) is 0 Å². The van der Waals surface area contributed by atoms with Crippen LogP contribution in [0.3, 0.4) is 0 Å². The molecule has 166 valence electrons. The SMILES string of the molecule is COc1cccc(Cc2sc3c(c2C(=O)N[C@@H](C)c2ccc(C(=O)O)cc2)CCOC3)c1. The first-order valence-corrected chi connectivity index (χ1v) is 11.3. The quantitative estimate of drug-likeness (QED) is 0.548. The zero-order valence-electron chi connectivity index (χ0n) is 18.0. The highest BCUT2D eigenvalue weighted by atomic mass is 32.1. The lowest BCUT2D eigenvalue weighted by Crippen LogP contribution is -2.28. The number of aromatic carboxylic acids is 1. The third kappa shape index (κ3) is 4.69. The van der Waals surface area contributed by atoms with Crippen LogP contribution < -0.4 is 10.1 Å². The smallest absolute Gasteiger partial charge is 0.335 e.